The zero-order valence-corrected chi connectivity index (χ0v) is 18.1. The molecular weight excluding hydrogens is 423 g/mol. The maximum Gasteiger partial charge on any atom is 0.259 e. The molecule has 8 heteroatoms. The lowest BCUT2D eigenvalue weighted by molar-refractivity contribution is 0.0780. The molecule has 0 spiro atoms. The highest BCUT2D eigenvalue weighted by molar-refractivity contribution is 6.39. The van der Waals surface area contributed by atoms with Crippen LogP contribution in [0.3, 0.4) is 0 Å². The van der Waals surface area contributed by atoms with Gasteiger partial charge in [0, 0.05) is 23.7 Å². The molecule has 152 valence electrons. The number of fused-ring (bicyclic) bond motifs is 1. The summed E-state index contributed by atoms with van der Waals surface area (Å²) < 4.78 is 5.31. The number of aryl methyl sites for hydroxylation is 2. The summed E-state index contributed by atoms with van der Waals surface area (Å²) in [7, 11) is 1.68. The van der Waals surface area contributed by atoms with Crippen LogP contribution >= 0.6 is 23.2 Å². The van der Waals surface area contributed by atoms with E-state index in [9.17, 15) is 4.79 Å². The average Bonchev–Trinajstić information content (AvgIpc) is 3.08. The van der Waals surface area contributed by atoms with Crippen molar-refractivity contribution in [2.24, 2.45) is 0 Å². The quantitative estimate of drug-likeness (QED) is 0.419. The van der Waals surface area contributed by atoms with Crippen LogP contribution in [0.5, 0.6) is 0 Å². The lowest BCUT2D eigenvalue weighted by Crippen LogP contribution is -2.28. The van der Waals surface area contributed by atoms with Crippen LogP contribution in [0.4, 0.5) is 0 Å². The standard InChI is InChI=1S/C22H18Cl2N4O2/c1-12-14-7-4-5-10-17(14)26-18(25-12)11-28(3)22(29)19-13(2)30-27-21(19)20-15(23)8-6-9-16(20)24/h4-10H,11H2,1-3H3. The minimum atomic E-state index is -0.283. The van der Waals surface area contributed by atoms with Crippen molar-refractivity contribution in [3.05, 3.63) is 75.4 Å². The molecule has 0 atom stereocenters. The Balaban J connectivity index is 1.68. The van der Waals surface area contributed by atoms with Crippen LogP contribution in [0.25, 0.3) is 22.2 Å². The summed E-state index contributed by atoms with van der Waals surface area (Å²) in [5.74, 6) is 0.649. The van der Waals surface area contributed by atoms with E-state index in [2.05, 4.69) is 15.1 Å². The van der Waals surface area contributed by atoms with Crippen molar-refractivity contribution in [1.82, 2.24) is 20.0 Å². The van der Waals surface area contributed by atoms with Gasteiger partial charge in [0.15, 0.2) is 0 Å². The first kappa shape index (κ1) is 20.3. The maximum absolute atomic E-state index is 13.3. The van der Waals surface area contributed by atoms with Crippen LogP contribution in [0.1, 0.15) is 27.6 Å². The predicted molar refractivity (Wildman–Crippen MR) is 117 cm³/mol. The minimum absolute atomic E-state index is 0.227. The van der Waals surface area contributed by atoms with Gasteiger partial charge in [0.25, 0.3) is 5.91 Å². The largest absolute Gasteiger partial charge is 0.360 e. The van der Waals surface area contributed by atoms with E-state index in [4.69, 9.17) is 27.7 Å². The van der Waals surface area contributed by atoms with E-state index in [-0.39, 0.29) is 12.5 Å². The highest BCUT2D eigenvalue weighted by atomic mass is 35.5. The van der Waals surface area contributed by atoms with Gasteiger partial charge in [-0.15, -0.1) is 0 Å². The lowest BCUT2D eigenvalue weighted by Gasteiger charge is -2.17. The Hall–Kier alpha value is -2.96. The number of nitrogens with zero attached hydrogens (tertiary/aromatic N) is 4. The summed E-state index contributed by atoms with van der Waals surface area (Å²) in [6, 6.07) is 12.9. The zero-order chi connectivity index (χ0) is 21.4. The molecule has 0 aliphatic rings. The summed E-state index contributed by atoms with van der Waals surface area (Å²) >= 11 is 12.6. The molecule has 0 radical (unpaired) electrons. The summed E-state index contributed by atoms with van der Waals surface area (Å²) in [6.45, 7) is 3.83. The van der Waals surface area contributed by atoms with Gasteiger partial charge >= 0.3 is 0 Å². The maximum atomic E-state index is 13.3. The smallest absolute Gasteiger partial charge is 0.259 e. The minimum Gasteiger partial charge on any atom is -0.360 e. The van der Waals surface area contributed by atoms with Gasteiger partial charge in [-0.3, -0.25) is 4.79 Å². The number of benzene rings is 2. The number of aromatic nitrogens is 3. The fraction of sp³-hybridized carbons (Fsp3) is 0.182. The van der Waals surface area contributed by atoms with E-state index >= 15 is 0 Å². The van der Waals surface area contributed by atoms with Gasteiger partial charge < -0.3 is 9.42 Å². The molecule has 6 nitrogen and oxygen atoms in total. The lowest BCUT2D eigenvalue weighted by atomic mass is 10.0. The first-order valence-corrected chi connectivity index (χ1v) is 10.0. The van der Waals surface area contributed by atoms with Crippen molar-refractivity contribution in [2.75, 3.05) is 7.05 Å². The summed E-state index contributed by atoms with van der Waals surface area (Å²) in [4.78, 5) is 23.9. The van der Waals surface area contributed by atoms with Crippen molar-refractivity contribution in [3.63, 3.8) is 0 Å². The number of rotatable bonds is 4. The molecule has 0 saturated heterocycles. The Bertz CT molecular complexity index is 1250. The van der Waals surface area contributed by atoms with E-state index in [1.54, 1.807) is 32.2 Å². The Kier molecular flexibility index (Phi) is 5.45. The number of amides is 1. The number of halogens is 2. The highest BCUT2D eigenvalue weighted by Crippen LogP contribution is 2.37. The van der Waals surface area contributed by atoms with Crippen LogP contribution in [0.2, 0.25) is 10.0 Å². The van der Waals surface area contributed by atoms with Gasteiger partial charge in [0.2, 0.25) is 0 Å². The molecule has 0 saturated carbocycles. The highest BCUT2D eigenvalue weighted by Gasteiger charge is 2.27. The second-order valence-electron chi connectivity index (χ2n) is 6.96. The van der Waals surface area contributed by atoms with Gasteiger partial charge in [-0.2, -0.15) is 0 Å². The second-order valence-corrected chi connectivity index (χ2v) is 7.78. The molecule has 0 bridgehead atoms. The van der Waals surface area contributed by atoms with Gasteiger partial charge in [-0.25, -0.2) is 9.97 Å². The fourth-order valence-electron chi connectivity index (χ4n) is 3.36. The van der Waals surface area contributed by atoms with Crippen molar-refractivity contribution in [3.8, 4) is 11.3 Å². The SMILES string of the molecule is Cc1onc(-c2c(Cl)cccc2Cl)c1C(=O)N(C)Cc1nc(C)c2ccccc2n1. The van der Waals surface area contributed by atoms with Crippen LogP contribution < -0.4 is 0 Å². The predicted octanol–water partition coefficient (Wildman–Crippen LogP) is 5.48. The van der Waals surface area contributed by atoms with Crippen LogP contribution in [-0.2, 0) is 6.54 Å². The molecule has 2 aromatic heterocycles. The molecule has 4 rings (SSSR count). The monoisotopic (exact) mass is 440 g/mol. The van der Waals surface area contributed by atoms with Crippen molar-refractivity contribution in [2.45, 2.75) is 20.4 Å². The molecule has 1 amide bonds. The molecule has 0 unspecified atom stereocenters. The van der Waals surface area contributed by atoms with E-state index in [0.717, 1.165) is 16.6 Å². The topological polar surface area (TPSA) is 72.1 Å². The molecule has 0 N–H and O–H groups in total. The molecule has 2 heterocycles. The van der Waals surface area contributed by atoms with E-state index in [1.165, 1.54) is 4.90 Å². The number of carbonyl (C=O) groups excluding carboxylic acids is 1. The molecule has 0 fully saturated rings. The van der Waals surface area contributed by atoms with Gasteiger partial charge in [-0.1, -0.05) is 52.6 Å². The van der Waals surface area contributed by atoms with Crippen LogP contribution in [0.15, 0.2) is 47.0 Å². The van der Waals surface area contributed by atoms with Gasteiger partial charge in [0.05, 0.1) is 22.1 Å². The van der Waals surface area contributed by atoms with E-state index < -0.39 is 0 Å². The average molecular weight is 441 g/mol. The Morgan fingerprint density at radius 1 is 1.03 bits per heavy atom. The third-order valence-corrected chi connectivity index (χ3v) is 5.47. The van der Waals surface area contributed by atoms with E-state index in [1.807, 2.05) is 31.2 Å². The third-order valence-electron chi connectivity index (χ3n) is 4.84. The molecule has 0 aliphatic carbocycles. The molecule has 30 heavy (non-hydrogen) atoms. The number of para-hydroxylation sites is 1. The zero-order valence-electron chi connectivity index (χ0n) is 16.6. The van der Waals surface area contributed by atoms with Crippen molar-refractivity contribution < 1.29 is 9.32 Å². The normalized spacial score (nSPS) is 11.1. The van der Waals surface area contributed by atoms with E-state index in [0.29, 0.717) is 38.5 Å². The molecule has 2 aromatic carbocycles. The molecule has 0 aliphatic heterocycles. The Labute approximate surface area is 183 Å². The second kappa shape index (κ2) is 8.05. The number of carbonyl (C=O) groups is 1. The number of hydrogen-bond acceptors (Lipinski definition) is 5. The third kappa shape index (κ3) is 3.64. The Morgan fingerprint density at radius 3 is 2.47 bits per heavy atom. The van der Waals surface area contributed by atoms with Crippen LogP contribution in [0, 0.1) is 13.8 Å². The fourth-order valence-corrected chi connectivity index (χ4v) is 3.94. The van der Waals surface area contributed by atoms with Crippen molar-refractivity contribution >= 4 is 40.0 Å². The van der Waals surface area contributed by atoms with Crippen LogP contribution in [-0.4, -0.2) is 33.0 Å². The molecule has 4 aromatic rings. The summed E-state index contributed by atoms with van der Waals surface area (Å²) in [5, 5.41) is 5.82. The molecular formula is C22H18Cl2N4O2. The summed E-state index contributed by atoms with van der Waals surface area (Å²) in [6.07, 6.45) is 0. The van der Waals surface area contributed by atoms with Gasteiger partial charge in [-0.05, 0) is 32.0 Å². The first-order chi connectivity index (χ1) is 14.4. The Morgan fingerprint density at radius 2 is 1.73 bits per heavy atom. The van der Waals surface area contributed by atoms with Gasteiger partial charge in [0.1, 0.15) is 22.8 Å². The summed E-state index contributed by atoms with van der Waals surface area (Å²) in [5.41, 5.74) is 2.79. The first-order valence-electron chi connectivity index (χ1n) is 9.25. The number of hydrogen-bond donors (Lipinski definition) is 0. The van der Waals surface area contributed by atoms with Crippen molar-refractivity contribution in [1.29, 1.82) is 0 Å².